The SMILES string of the molecule is COCCn1nc(C(=O)Nc2ccc(C)c(I)c2)ccc1=O. The van der Waals surface area contributed by atoms with Gasteiger partial charge in [-0.1, -0.05) is 6.07 Å². The number of benzene rings is 1. The third kappa shape index (κ3) is 4.14. The number of rotatable bonds is 5. The Labute approximate surface area is 141 Å². The third-order valence-corrected chi connectivity index (χ3v) is 4.20. The van der Waals surface area contributed by atoms with Crippen LogP contribution < -0.4 is 10.9 Å². The molecule has 116 valence electrons. The van der Waals surface area contributed by atoms with E-state index in [1.165, 1.54) is 16.8 Å². The van der Waals surface area contributed by atoms with E-state index in [0.717, 1.165) is 9.13 Å². The van der Waals surface area contributed by atoms with Crippen molar-refractivity contribution in [3.63, 3.8) is 0 Å². The predicted octanol–water partition coefficient (Wildman–Crippen LogP) is 2.06. The second-order valence-electron chi connectivity index (χ2n) is 4.69. The lowest BCUT2D eigenvalue weighted by Crippen LogP contribution is -2.27. The molecule has 1 aromatic heterocycles. The van der Waals surface area contributed by atoms with Crippen LogP contribution in [0.1, 0.15) is 16.1 Å². The first-order chi connectivity index (χ1) is 10.5. The molecule has 0 aliphatic rings. The summed E-state index contributed by atoms with van der Waals surface area (Å²) >= 11 is 2.21. The first-order valence-electron chi connectivity index (χ1n) is 6.66. The molecule has 22 heavy (non-hydrogen) atoms. The average Bonchev–Trinajstić information content (AvgIpc) is 2.50. The normalized spacial score (nSPS) is 10.5. The summed E-state index contributed by atoms with van der Waals surface area (Å²) in [5.74, 6) is -0.356. The van der Waals surface area contributed by atoms with Crippen LogP contribution in [0.3, 0.4) is 0 Å². The molecular weight excluding hydrogens is 397 g/mol. The quantitative estimate of drug-likeness (QED) is 0.762. The fourth-order valence-electron chi connectivity index (χ4n) is 1.77. The number of amides is 1. The first-order valence-corrected chi connectivity index (χ1v) is 7.74. The van der Waals surface area contributed by atoms with Gasteiger partial charge in [0.25, 0.3) is 11.5 Å². The van der Waals surface area contributed by atoms with Crippen molar-refractivity contribution in [2.75, 3.05) is 19.0 Å². The second kappa shape index (κ2) is 7.50. The predicted molar refractivity (Wildman–Crippen MR) is 92.2 cm³/mol. The van der Waals surface area contributed by atoms with E-state index >= 15 is 0 Å². The Kier molecular flexibility index (Phi) is 5.67. The van der Waals surface area contributed by atoms with Crippen molar-refractivity contribution < 1.29 is 9.53 Å². The highest BCUT2D eigenvalue weighted by Crippen LogP contribution is 2.17. The lowest BCUT2D eigenvalue weighted by atomic mass is 10.2. The number of carbonyl (C=O) groups is 1. The summed E-state index contributed by atoms with van der Waals surface area (Å²) in [4.78, 5) is 23.9. The lowest BCUT2D eigenvalue weighted by molar-refractivity contribution is 0.101. The lowest BCUT2D eigenvalue weighted by Gasteiger charge is -2.08. The zero-order valence-electron chi connectivity index (χ0n) is 12.3. The minimum absolute atomic E-state index is 0.186. The summed E-state index contributed by atoms with van der Waals surface area (Å²) in [6.45, 7) is 2.66. The van der Waals surface area contributed by atoms with Gasteiger partial charge in [0.2, 0.25) is 0 Å². The van der Waals surface area contributed by atoms with Crippen LogP contribution in [0.5, 0.6) is 0 Å². The number of aryl methyl sites for hydroxylation is 1. The molecule has 1 heterocycles. The molecule has 2 aromatic rings. The van der Waals surface area contributed by atoms with Gasteiger partial charge in [0.15, 0.2) is 0 Å². The Hall–Kier alpha value is -1.74. The maximum Gasteiger partial charge on any atom is 0.276 e. The molecule has 1 amide bonds. The molecule has 0 saturated carbocycles. The number of carbonyl (C=O) groups excluding carboxylic acids is 1. The fourth-order valence-corrected chi connectivity index (χ4v) is 2.29. The molecule has 0 spiro atoms. The van der Waals surface area contributed by atoms with E-state index in [0.29, 0.717) is 18.8 Å². The molecule has 0 fully saturated rings. The molecule has 7 heteroatoms. The zero-order chi connectivity index (χ0) is 16.1. The molecule has 0 atom stereocenters. The van der Waals surface area contributed by atoms with E-state index in [4.69, 9.17) is 4.74 Å². The van der Waals surface area contributed by atoms with Crippen LogP contribution in [0.4, 0.5) is 5.69 Å². The van der Waals surface area contributed by atoms with Gasteiger partial charge < -0.3 is 10.1 Å². The molecule has 1 N–H and O–H groups in total. The number of ether oxygens (including phenoxy) is 1. The highest BCUT2D eigenvalue weighted by atomic mass is 127. The summed E-state index contributed by atoms with van der Waals surface area (Å²) < 4.78 is 7.20. The molecule has 6 nitrogen and oxygen atoms in total. The van der Waals surface area contributed by atoms with Gasteiger partial charge in [-0.3, -0.25) is 9.59 Å². The highest BCUT2D eigenvalue weighted by molar-refractivity contribution is 14.1. The number of nitrogens with zero attached hydrogens (tertiary/aromatic N) is 2. The minimum Gasteiger partial charge on any atom is -0.383 e. The van der Waals surface area contributed by atoms with Crippen molar-refractivity contribution in [1.82, 2.24) is 9.78 Å². The van der Waals surface area contributed by atoms with E-state index in [-0.39, 0.29) is 17.2 Å². The van der Waals surface area contributed by atoms with Crippen LogP contribution in [0.2, 0.25) is 0 Å². The maximum absolute atomic E-state index is 12.2. The van der Waals surface area contributed by atoms with Crippen LogP contribution in [0, 0.1) is 10.5 Å². The molecule has 2 rings (SSSR count). The van der Waals surface area contributed by atoms with Crippen molar-refractivity contribution in [2.24, 2.45) is 0 Å². The summed E-state index contributed by atoms with van der Waals surface area (Å²) in [5.41, 5.74) is 1.76. The average molecular weight is 413 g/mol. The zero-order valence-corrected chi connectivity index (χ0v) is 14.5. The number of methoxy groups -OCH3 is 1. The first kappa shape index (κ1) is 16.6. The number of aromatic nitrogens is 2. The Bertz CT molecular complexity index is 743. The molecular formula is C15H16IN3O3. The van der Waals surface area contributed by atoms with Gasteiger partial charge in [-0.05, 0) is 53.3 Å². The Morgan fingerprint density at radius 1 is 1.36 bits per heavy atom. The molecule has 0 aliphatic carbocycles. The van der Waals surface area contributed by atoms with E-state index in [1.807, 2.05) is 25.1 Å². The number of hydrogen-bond acceptors (Lipinski definition) is 4. The summed E-state index contributed by atoms with van der Waals surface area (Å²) in [5, 5.41) is 6.83. The Morgan fingerprint density at radius 2 is 2.14 bits per heavy atom. The molecule has 0 unspecified atom stereocenters. The van der Waals surface area contributed by atoms with E-state index < -0.39 is 0 Å². The number of hydrogen-bond donors (Lipinski definition) is 1. The minimum atomic E-state index is -0.356. The highest BCUT2D eigenvalue weighted by Gasteiger charge is 2.10. The standard InChI is InChI=1S/C15H16IN3O3/c1-10-3-4-11(9-12(10)16)17-15(21)13-5-6-14(20)19(18-13)7-8-22-2/h3-6,9H,7-8H2,1-2H3,(H,17,21). The number of anilines is 1. The summed E-state index contributed by atoms with van der Waals surface area (Å²) in [6, 6.07) is 8.39. The Morgan fingerprint density at radius 3 is 2.82 bits per heavy atom. The molecule has 1 aromatic carbocycles. The number of halogens is 1. The van der Waals surface area contributed by atoms with Gasteiger partial charge in [-0.15, -0.1) is 0 Å². The Balaban J connectivity index is 2.18. The molecule has 0 saturated heterocycles. The van der Waals surface area contributed by atoms with Crippen molar-refractivity contribution >= 4 is 34.2 Å². The van der Waals surface area contributed by atoms with Crippen LogP contribution in [-0.2, 0) is 11.3 Å². The fraction of sp³-hybridized carbons (Fsp3) is 0.267. The maximum atomic E-state index is 12.2. The molecule has 0 aliphatic heterocycles. The van der Waals surface area contributed by atoms with Crippen LogP contribution in [0.25, 0.3) is 0 Å². The van der Waals surface area contributed by atoms with Gasteiger partial charge in [0.05, 0.1) is 13.2 Å². The van der Waals surface area contributed by atoms with E-state index in [9.17, 15) is 9.59 Å². The summed E-state index contributed by atoms with van der Waals surface area (Å²) in [6.07, 6.45) is 0. The van der Waals surface area contributed by atoms with Crippen LogP contribution in [0.15, 0.2) is 35.1 Å². The van der Waals surface area contributed by atoms with Gasteiger partial charge in [0.1, 0.15) is 5.69 Å². The van der Waals surface area contributed by atoms with E-state index in [2.05, 4.69) is 33.0 Å². The molecule has 0 radical (unpaired) electrons. The smallest absolute Gasteiger partial charge is 0.276 e. The third-order valence-electron chi connectivity index (χ3n) is 3.04. The largest absolute Gasteiger partial charge is 0.383 e. The van der Waals surface area contributed by atoms with Crippen LogP contribution >= 0.6 is 22.6 Å². The number of nitrogens with one attached hydrogen (secondary N) is 1. The van der Waals surface area contributed by atoms with Crippen LogP contribution in [-0.4, -0.2) is 29.4 Å². The van der Waals surface area contributed by atoms with Gasteiger partial charge in [-0.25, -0.2) is 4.68 Å². The van der Waals surface area contributed by atoms with E-state index in [1.54, 1.807) is 7.11 Å². The second-order valence-corrected chi connectivity index (χ2v) is 5.85. The van der Waals surface area contributed by atoms with Crippen molar-refractivity contribution in [2.45, 2.75) is 13.5 Å². The monoisotopic (exact) mass is 413 g/mol. The molecule has 0 bridgehead atoms. The van der Waals surface area contributed by atoms with Crippen molar-refractivity contribution in [1.29, 1.82) is 0 Å². The van der Waals surface area contributed by atoms with Crippen molar-refractivity contribution in [3.8, 4) is 0 Å². The summed E-state index contributed by atoms with van der Waals surface area (Å²) in [7, 11) is 1.54. The van der Waals surface area contributed by atoms with Gasteiger partial charge in [0, 0.05) is 22.4 Å². The van der Waals surface area contributed by atoms with Gasteiger partial charge >= 0.3 is 0 Å². The van der Waals surface area contributed by atoms with Gasteiger partial charge in [-0.2, -0.15) is 5.10 Å². The topological polar surface area (TPSA) is 73.2 Å². The van der Waals surface area contributed by atoms with Crippen molar-refractivity contribution in [3.05, 3.63) is 55.5 Å².